The summed E-state index contributed by atoms with van der Waals surface area (Å²) in [6.07, 6.45) is 1.68. The highest BCUT2D eigenvalue weighted by Gasteiger charge is 2.05. The van der Waals surface area contributed by atoms with Gasteiger partial charge in [-0.1, -0.05) is 17.8 Å². The number of nitriles is 1. The summed E-state index contributed by atoms with van der Waals surface area (Å²) in [5, 5.41) is 9.68. The molecule has 2 aromatic rings. The molecule has 0 spiro atoms. The van der Waals surface area contributed by atoms with Gasteiger partial charge < -0.3 is 4.74 Å². The van der Waals surface area contributed by atoms with Crippen LogP contribution in [0.25, 0.3) is 0 Å². The number of benzene rings is 1. The van der Waals surface area contributed by atoms with E-state index < -0.39 is 0 Å². The molecule has 1 heterocycles. The molecule has 4 heteroatoms. The molecule has 0 N–H and O–H groups in total. The number of rotatable bonds is 3. The van der Waals surface area contributed by atoms with Gasteiger partial charge in [-0.25, -0.2) is 4.98 Å². The molecular formula is C13H10N2OS. The average Bonchev–Trinajstić information content (AvgIpc) is 2.39. The Kier molecular flexibility index (Phi) is 3.63. The average molecular weight is 242 g/mol. The summed E-state index contributed by atoms with van der Waals surface area (Å²) < 4.78 is 5.15. The van der Waals surface area contributed by atoms with Crippen molar-refractivity contribution in [2.75, 3.05) is 7.11 Å². The predicted molar refractivity (Wildman–Crippen MR) is 66.1 cm³/mol. The van der Waals surface area contributed by atoms with Crippen molar-refractivity contribution < 1.29 is 4.74 Å². The highest BCUT2D eigenvalue weighted by Crippen LogP contribution is 2.30. The fourth-order valence-corrected chi connectivity index (χ4v) is 2.22. The van der Waals surface area contributed by atoms with Gasteiger partial charge in [-0.05, 0) is 30.3 Å². The molecule has 0 aliphatic carbocycles. The van der Waals surface area contributed by atoms with Crippen molar-refractivity contribution in [1.29, 1.82) is 5.26 Å². The van der Waals surface area contributed by atoms with Gasteiger partial charge >= 0.3 is 0 Å². The molecule has 84 valence electrons. The molecule has 0 aliphatic heterocycles. The van der Waals surface area contributed by atoms with Gasteiger partial charge in [-0.3, -0.25) is 0 Å². The Morgan fingerprint density at radius 3 is 2.94 bits per heavy atom. The summed E-state index contributed by atoms with van der Waals surface area (Å²) in [6.45, 7) is 0. The summed E-state index contributed by atoms with van der Waals surface area (Å²) in [4.78, 5) is 5.20. The van der Waals surface area contributed by atoms with Crippen LogP contribution < -0.4 is 4.74 Å². The van der Waals surface area contributed by atoms with E-state index in [2.05, 4.69) is 11.1 Å². The van der Waals surface area contributed by atoms with Gasteiger partial charge in [0.05, 0.1) is 12.7 Å². The lowest BCUT2D eigenvalue weighted by Crippen LogP contribution is -1.86. The summed E-state index contributed by atoms with van der Waals surface area (Å²) in [7, 11) is 1.63. The topological polar surface area (TPSA) is 45.9 Å². The maximum atomic E-state index is 8.97. The highest BCUT2D eigenvalue weighted by atomic mass is 32.2. The van der Waals surface area contributed by atoms with E-state index in [4.69, 9.17) is 10.00 Å². The minimum absolute atomic E-state index is 0.584. The maximum absolute atomic E-state index is 8.97. The number of nitrogens with zero attached hydrogens (tertiary/aromatic N) is 2. The Labute approximate surface area is 104 Å². The van der Waals surface area contributed by atoms with E-state index in [9.17, 15) is 0 Å². The first-order valence-electron chi connectivity index (χ1n) is 5.00. The van der Waals surface area contributed by atoms with Crippen molar-refractivity contribution in [3.8, 4) is 11.8 Å². The molecule has 1 aromatic carbocycles. The molecule has 1 aromatic heterocycles. The van der Waals surface area contributed by atoms with Gasteiger partial charge in [-0.15, -0.1) is 0 Å². The Morgan fingerprint density at radius 1 is 1.29 bits per heavy atom. The van der Waals surface area contributed by atoms with Crippen molar-refractivity contribution in [3.05, 3.63) is 48.2 Å². The quantitative estimate of drug-likeness (QED) is 0.829. The van der Waals surface area contributed by atoms with Crippen molar-refractivity contribution in [3.63, 3.8) is 0 Å². The van der Waals surface area contributed by atoms with E-state index in [1.54, 1.807) is 25.4 Å². The Hall–Kier alpha value is -1.99. The molecule has 0 amide bonds. The van der Waals surface area contributed by atoms with Gasteiger partial charge in [0, 0.05) is 11.1 Å². The van der Waals surface area contributed by atoms with Crippen molar-refractivity contribution in [2.24, 2.45) is 0 Å². The minimum Gasteiger partial charge on any atom is -0.497 e. The van der Waals surface area contributed by atoms with Crippen LogP contribution in [0.3, 0.4) is 0 Å². The Morgan fingerprint density at radius 2 is 2.18 bits per heavy atom. The van der Waals surface area contributed by atoms with Crippen LogP contribution in [0, 0.1) is 11.3 Å². The third kappa shape index (κ3) is 2.77. The maximum Gasteiger partial charge on any atom is 0.119 e. The van der Waals surface area contributed by atoms with Crippen molar-refractivity contribution in [2.45, 2.75) is 9.92 Å². The second kappa shape index (κ2) is 5.37. The molecule has 0 unspecified atom stereocenters. The zero-order chi connectivity index (χ0) is 12.1. The molecule has 0 atom stereocenters. The van der Waals surface area contributed by atoms with Gasteiger partial charge in [0.2, 0.25) is 0 Å². The number of hydrogen-bond acceptors (Lipinski definition) is 4. The van der Waals surface area contributed by atoms with Gasteiger partial charge in [0.1, 0.15) is 16.8 Å². The fourth-order valence-electron chi connectivity index (χ4n) is 1.33. The third-order valence-electron chi connectivity index (χ3n) is 2.15. The second-order valence-electron chi connectivity index (χ2n) is 3.25. The molecular weight excluding hydrogens is 232 g/mol. The van der Waals surface area contributed by atoms with Crippen molar-refractivity contribution in [1.82, 2.24) is 4.98 Å². The van der Waals surface area contributed by atoms with Crippen molar-refractivity contribution >= 4 is 11.8 Å². The van der Waals surface area contributed by atoms with Crippen LogP contribution in [-0.2, 0) is 0 Å². The van der Waals surface area contributed by atoms with Gasteiger partial charge in [0.25, 0.3) is 0 Å². The largest absolute Gasteiger partial charge is 0.497 e. The zero-order valence-electron chi connectivity index (χ0n) is 9.25. The molecule has 0 saturated heterocycles. The smallest absolute Gasteiger partial charge is 0.119 e. The van der Waals surface area contributed by atoms with Gasteiger partial charge in [-0.2, -0.15) is 5.26 Å². The first-order chi connectivity index (χ1) is 8.33. The van der Waals surface area contributed by atoms with Crippen LogP contribution in [0.4, 0.5) is 0 Å². The molecule has 0 aliphatic rings. The summed E-state index contributed by atoms with van der Waals surface area (Å²) in [6, 6.07) is 13.3. The molecule has 0 radical (unpaired) electrons. The summed E-state index contributed by atoms with van der Waals surface area (Å²) in [5.41, 5.74) is 0.584. The number of ether oxygens (including phenoxy) is 1. The zero-order valence-corrected chi connectivity index (χ0v) is 10.1. The van der Waals surface area contributed by atoms with Crippen LogP contribution >= 0.6 is 11.8 Å². The van der Waals surface area contributed by atoms with Crippen LogP contribution in [-0.4, -0.2) is 12.1 Å². The van der Waals surface area contributed by atoms with E-state index in [1.807, 2.05) is 24.3 Å². The monoisotopic (exact) mass is 242 g/mol. The molecule has 2 rings (SSSR count). The highest BCUT2D eigenvalue weighted by molar-refractivity contribution is 7.99. The second-order valence-corrected chi connectivity index (χ2v) is 4.31. The molecule has 3 nitrogen and oxygen atoms in total. The van der Waals surface area contributed by atoms with E-state index in [1.165, 1.54) is 11.8 Å². The minimum atomic E-state index is 0.584. The third-order valence-corrected chi connectivity index (χ3v) is 3.16. The molecule has 0 bridgehead atoms. The van der Waals surface area contributed by atoms with Crippen LogP contribution in [0.1, 0.15) is 5.56 Å². The van der Waals surface area contributed by atoms with E-state index in [-0.39, 0.29) is 0 Å². The summed E-state index contributed by atoms with van der Waals surface area (Å²) >= 11 is 1.45. The van der Waals surface area contributed by atoms with E-state index in [0.717, 1.165) is 10.6 Å². The number of hydrogen-bond donors (Lipinski definition) is 0. The lowest BCUT2D eigenvalue weighted by molar-refractivity contribution is 0.413. The predicted octanol–water partition coefficient (Wildman–Crippen LogP) is 3.11. The lowest BCUT2D eigenvalue weighted by Gasteiger charge is -2.04. The number of aromatic nitrogens is 1. The van der Waals surface area contributed by atoms with Crippen LogP contribution in [0.5, 0.6) is 5.75 Å². The number of pyridine rings is 1. The normalized spacial score (nSPS) is 9.65. The standard InChI is InChI=1S/C13H10N2OS/c1-16-11-5-2-6-12(8-11)17-13-10(9-14)4-3-7-15-13/h2-8H,1H3. The number of methoxy groups -OCH3 is 1. The fraction of sp³-hybridized carbons (Fsp3) is 0.0769. The van der Waals surface area contributed by atoms with E-state index >= 15 is 0 Å². The first kappa shape index (κ1) is 11.5. The van der Waals surface area contributed by atoms with Crippen LogP contribution in [0.15, 0.2) is 52.5 Å². The Bertz CT molecular complexity index is 563. The van der Waals surface area contributed by atoms with E-state index in [0.29, 0.717) is 10.6 Å². The molecule has 0 fully saturated rings. The molecule has 17 heavy (non-hydrogen) atoms. The molecule has 0 saturated carbocycles. The SMILES string of the molecule is COc1cccc(Sc2ncccc2C#N)c1. The Balaban J connectivity index is 2.28. The lowest BCUT2D eigenvalue weighted by atomic mass is 10.3. The first-order valence-corrected chi connectivity index (χ1v) is 5.82. The summed E-state index contributed by atoms with van der Waals surface area (Å²) in [5.74, 6) is 0.796. The van der Waals surface area contributed by atoms with Crippen LogP contribution in [0.2, 0.25) is 0 Å². The van der Waals surface area contributed by atoms with Gasteiger partial charge in [0.15, 0.2) is 0 Å².